The maximum absolute atomic E-state index is 11.0. The first kappa shape index (κ1) is 12.7. The van der Waals surface area contributed by atoms with E-state index in [2.05, 4.69) is 4.99 Å². The van der Waals surface area contributed by atoms with Crippen LogP contribution in [0.5, 0.6) is 0 Å². The Hall–Kier alpha value is -1.32. The van der Waals surface area contributed by atoms with Gasteiger partial charge in [-0.1, -0.05) is 11.6 Å². The molecule has 3 nitrogen and oxygen atoms in total. The van der Waals surface area contributed by atoms with Gasteiger partial charge in [-0.05, 0) is 42.8 Å². The second-order valence-electron chi connectivity index (χ2n) is 3.03. The number of carbonyl (C=O) groups excluding carboxylic acids is 1. The van der Waals surface area contributed by atoms with Crippen molar-refractivity contribution in [1.29, 1.82) is 0 Å². The van der Waals surface area contributed by atoms with Gasteiger partial charge in [-0.15, -0.1) is 0 Å². The maximum atomic E-state index is 11.0. The van der Waals surface area contributed by atoms with Gasteiger partial charge in [-0.2, -0.15) is 0 Å². The molecule has 0 heterocycles. The Labute approximate surface area is 104 Å². The fourth-order valence-electron chi connectivity index (χ4n) is 1.10. The summed E-state index contributed by atoms with van der Waals surface area (Å²) in [6.45, 7) is 1.66. The monoisotopic (exact) mass is 256 g/mol. The van der Waals surface area contributed by atoms with Gasteiger partial charge in [0.1, 0.15) is 0 Å². The number of hydrogen-bond acceptors (Lipinski definition) is 3. The number of hydrogen-bond donors (Lipinski definition) is 1. The summed E-state index contributed by atoms with van der Waals surface area (Å²) in [6, 6.07) is 6.89. The number of rotatable bonds is 3. The summed E-state index contributed by atoms with van der Waals surface area (Å²) in [4.78, 5) is 15.2. The van der Waals surface area contributed by atoms with Crippen LogP contribution in [-0.2, 0) is 4.79 Å². The minimum absolute atomic E-state index is 0.191. The summed E-state index contributed by atoms with van der Waals surface area (Å²) in [5.74, 6) is 0. The van der Waals surface area contributed by atoms with Crippen LogP contribution in [0.1, 0.15) is 6.92 Å². The molecule has 0 saturated heterocycles. The second-order valence-corrected chi connectivity index (χ2v) is 3.81. The smallest absolute Gasteiger partial charge is 0.255 e. The topological polar surface area (TPSA) is 55.4 Å². The Morgan fingerprint density at radius 2 is 1.94 bits per heavy atom. The number of allylic oxidation sites excluding steroid dienone is 1. The van der Waals surface area contributed by atoms with Crippen molar-refractivity contribution in [3.8, 4) is 0 Å². The molecule has 0 saturated carbocycles. The number of carbonyl (C=O) groups is 1. The standard InChI is InChI=1S/C11H10Cl2N2O/c1-7(10(6-14)11(13)16)15-9-4-2-8(12)3-5-9/h2-6H,14H2,1H3. The van der Waals surface area contributed by atoms with Crippen molar-refractivity contribution >= 4 is 39.8 Å². The molecule has 1 aromatic rings. The zero-order valence-electron chi connectivity index (χ0n) is 8.58. The third-order valence-electron chi connectivity index (χ3n) is 1.89. The quantitative estimate of drug-likeness (QED) is 0.514. The molecule has 84 valence electrons. The highest BCUT2D eigenvalue weighted by Crippen LogP contribution is 2.17. The molecule has 0 bridgehead atoms. The Kier molecular flexibility index (Phi) is 4.52. The average molecular weight is 257 g/mol. The zero-order chi connectivity index (χ0) is 12.1. The number of nitrogens with zero attached hydrogens (tertiary/aromatic N) is 1. The highest BCUT2D eigenvalue weighted by molar-refractivity contribution is 6.70. The molecule has 1 rings (SSSR count). The van der Waals surface area contributed by atoms with Crippen molar-refractivity contribution in [3.05, 3.63) is 41.1 Å². The van der Waals surface area contributed by atoms with Crippen molar-refractivity contribution in [3.63, 3.8) is 0 Å². The first-order chi connectivity index (χ1) is 7.54. The summed E-state index contributed by atoms with van der Waals surface area (Å²) in [7, 11) is 0. The molecule has 1 aromatic carbocycles. The molecule has 0 radical (unpaired) electrons. The molecule has 0 unspecified atom stereocenters. The number of nitrogens with two attached hydrogens (primary N) is 1. The zero-order valence-corrected chi connectivity index (χ0v) is 10.1. The predicted molar refractivity (Wildman–Crippen MR) is 67.4 cm³/mol. The third kappa shape index (κ3) is 3.36. The minimum atomic E-state index is -0.627. The summed E-state index contributed by atoms with van der Waals surface area (Å²) >= 11 is 11.1. The van der Waals surface area contributed by atoms with Crippen LogP contribution in [0.3, 0.4) is 0 Å². The molecular formula is C11H10Cl2N2O. The van der Waals surface area contributed by atoms with Gasteiger partial charge in [0.2, 0.25) is 0 Å². The molecule has 0 aliphatic rings. The Balaban J connectivity index is 3.00. The van der Waals surface area contributed by atoms with Gasteiger partial charge in [0.15, 0.2) is 0 Å². The largest absolute Gasteiger partial charge is 0.404 e. The van der Waals surface area contributed by atoms with Crippen molar-refractivity contribution in [2.24, 2.45) is 10.7 Å². The summed E-state index contributed by atoms with van der Waals surface area (Å²) < 4.78 is 0. The lowest BCUT2D eigenvalue weighted by Crippen LogP contribution is -2.06. The van der Waals surface area contributed by atoms with Gasteiger partial charge in [-0.25, -0.2) is 0 Å². The van der Waals surface area contributed by atoms with Gasteiger partial charge in [0.05, 0.1) is 17.0 Å². The van der Waals surface area contributed by atoms with Crippen LogP contribution < -0.4 is 5.73 Å². The lowest BCUT2D eigenvalue weighted by molar-refractivity contribution is -0.108. The van der Waals surface area contributed by atoms with Crippen LogP contribution >= 0.6 is 23.2 Å². The predicted octanol–water partition coefficient (Wildman–Crippen LogP) is 3.04. The fourth-order valence-corrected chi connectivity index (χ4v) is 1.42. The normalized spacial score (nSPS) is 12.7. The van der Waals surface area contributed by atoms with Gasteiger partial charge in [0.25, 0.3) is 5.24 Å². The van der Waals surface area contributed by atoms with Crippen LogP contribution in [0, 0.1) is 0 Å². The highest BCUT2D eigenvalue weighted by atomic mass is 35.5. The Bertz CT molecular complexity index is 450. The molecule has 2 N–H and O–H groups in total. The molecule has 0 fully saturated rings. The van der Waals surface area contributed by atoms with E-state index in [1.165, 1.54) is 0 Å². The number of aliphatic imine (C=N–C) groups is 1. The SMILES string of the molecule is CC(=Nc1ccc(Cl)cc1)C(=CN)C(=O)Cl. The molecule has 0 aromatic heterocycles. The van der Waals surface area contributed by atoms with Crippen molar-refractivity contribution in [1.82, 2.24) is 0 Å². The van der Waals surface area contributed by atoms with E-state index in [1.807, 2.05) is 0 Å². The van der Waals surface area contributed by atoms with Crippen LogP contribution in [-0.4, -0.2) is 11.0 Å². The molecule has 0 aliphatic heterocycles. The van der Waals surface area contributed by atoms with Crippen molar-refractivity contribution in [2.75, 3.05) is 0 Å². The van der Waals surface area contributed by atoms with Gasteiger partial charge >= 0.3 is 0 Å². The summed E-state index contributed by atoms with van der Waals surface area (Å²) in [5.41, 5.74) is 6.62. The van der Waals surface area contributed by atoms with Gasteiger partial charge in [-0.3, -0.25) is 9.79 Å². The van der Waals surface area contributed by atoms with E-state index >= 15 is 0 Å². The van der Waals surface area contributed by atoms with E-state index in [4.69, 9.17) is 28.9 Å². The van der Waals surface area contributed by atoms with E-state index in [9.17, 15) is 4.79 Å². The van der Waals surface area contributed by atoms with E-state index in [-0.39, 0.29) is 5.57 Å². The average Bonchev–Trinajstić information content (AvgIpc) is 2.22. The van der Waals surface area contributed by atoms with E-state index in [0.717, 1.165) is 6.20 Å². The van der Waals surface area contributed by atoms with E-state index in [0.29, 0.717) is 16.4 Å². The Morgan fingerprint density at radius 1 is 1.38 bits per heavy atom. The van der Waals surface area contributed by atoms with Crippen LogP contribution in [0.25, 0.3) is 0 Å². The molecule has 0 amide bonds. The fraction of sp³-hybridized carbons (Fsp3) is 0.0909. The molecule has 16 heavy (non-hydrogen) atoms. The molecule has 5 heteroatoms. The van der Waals surface area contributed by atoms with Crippen molar-refractivity contribution < 1.29 is 4.79 Å². The Morgan fingerprint density at radius 3 is 2.38 bits per heavy atom. The molecule has 0 aliphatic carbocycles. The first-order valence-electron chi connectivity index (χ1n) is 4.47. The second kappa shape index (κ2) is 5.68. The number of halogens is 2. The molecule has 0 spiro atoms. The van der Waals surface area contributed by atoms with Crippen LogP contribution in [0.2, 0.25) is 5.02 Å². The maximum Gasteiger partial charge on any atom is 0.255 e. The minimum Gasteiger partial charge on any atom is -0.404 e. The van der Waals surface area contributed by atoms with E-state index in [1.54, 1.807) is 31.2 Å². The first-order valence-corrected chi connectivity index (χ1v) is 5.23. The number of benzene rings is 1. The highest BCUT2D eigenvalue weighted by Gasteiger charge is 2.08. The third-order valence-corrected chi connectivity index (χ3v) is 2.35. The van der Waals surface area contributed by atoms with Crippen LogP contribution in [0.4, 0.5) is 5.69 Å². The van der Waals surface area contributed by atoms with Gasteiger partial charge < -0.3 is 5.73 Å². The van der Waals surface area contributed by atoms with Crippen molar-refractivity contribution in [2.45, 2.75) is 6.92 Å². The molecular weight excluding hydrogens is 247 g/mol. The molecule has 0 atom stereocenters. The lowest BCUT2D eigenvalue weighted by Gasteiger charge is -2.01. The van der Waals surface area contributed by atoms with E-state index < -0.39 is 5.24 Å². The summed E-state index contributed by atoms with van der Waals surface area (Å²) in [6.07, 6.45) is 1.14. The summed E-state index contributed by atoms with van der Waals surface area (Å²) in [5, 5.41) is -0.00248. The lowest BCUT2D eigenvalue weighted by atomic mass is 10.2. The van der Waals surface area contributed by atoms with Gasteiger partial charge in [0, 0.05) is 11.2 Å². The van der Waals surface area contributed by atoms with Crippen LogP contribution in [0.15, 0.2) is 41.0 Å².